The Morgan fingerprint density at radius 1 is 1.10 bits per heavy atom. The van der Waals surface area contributed by atoms with Crippen molar-refractivity contribution < 1.29 is 14.3 Å². The third-order valence-electron chi connectivity index (χ3n) is 6.29. The first-order valence-electron chi connectivity index (χ1n) is 10.1. The minimum atomic E-state index is -0.563. The molecule has 2 aliphatic heterocycles. The van der Waals surface area contributed by atoms with Crippen LogP contribution in [0.2, 0.25) is 0 Å². The van der Waals surface area contributed by atoms with Crippen molar-refractivity contribution in [2.45, 2.75) is 24.6 Å². The van der Waals surface area contributed by atoms with Crippen molar-refractivity contribution in [2.75, 3.05) is 26.7 Å². The number of carbonyl (C=O) groups is 2. The van der Waals surface area contributed by atoms with Gasteiger partial charge in [0.25, 0.3) is 0 Å². The Kier molecular flexibility index (Phi) is 4.51. The summed E-state index contributed by atoms with van der Waals surface area (Å²) in [6, 6.07) is 17.5. The van der Waals surface area contributed by atoms with Gasteiger partial charge in [0.15, 0.2) is 0 Å². The molecule has 0 bridgehead atoms. The number of ether oxygens (including phenoxy) is 1. The van der Waals surface area contributed by atoms with E-state index in [1.54, 1.807) is 9.80 Å². The van der Waals surface area contributed by atoms with Crippen LogP contribution in [0.5, 0.6) is 0 Å². The minimum absolute atomic E-state index is 0.0316. The van der Waals surface area contributed by atoms with Crippen LogP contribution in [0.4, 0.5) is 0 Å². The van der Waals surface area contributed by atoms with E-state index in [1.807, 2.05) is 61.6 Å². The Morgan fingerprint density at radius 3 is 2.47 bits per heavy atom. The number of morpholine rings is 1. The predicted molar refractivity (Wildman–Crippen MR) is 109 cm³/mol. The molecular weight excluding hydrogens is 382 g/mol. The van der Waals surface area contributed by atoms with Crippen LogP contribution >= 0.6 is 0 Å². The predicted octanol–water partition coefficient (Wildman–Crippen LogP) is 1.42. The summed E-state index contributed by atoms with van der Waals surface area (Å²) in [6.07, 6.45) is 0.328. The van der Waals surface area contributed by atoms with Crippen LogP contribution in [0.25, 0.3) is 11.0 Å². The van der Waals surface area contributed by atoms with Gasteiger partial charge in [0.05, 0.1) is 5.54 Å². The van der Waals surface area contributed by atoms with E-state index < -0.39 is 5.54 Å². The van der Waals surface area contributed by atoms with Gasteiger partial charge in [-0.3, -0.25) is 9.59 Å². The zero-order valence-electron chi connectivity index (χ0n) is 16.8. The second-order valence-electron chi connectivity index (χ2n) is 7.85. The third-order valence-corrected chi connectivity index (χ3v) is 6.29. The van der Waals surface area contributed by atoms with Gasteiger partial charge in [-0.25, -0.2) is 0 Å². The van der Waals surface area contributed by atoms with E-state index in [2.05, 4.69) is 10.2 Å². The first-order valence-corrected chi connectivity index (χ1v) is 10.1. The van der Waals surface area contributed by atoms with Gasteiger partial charge < -0.3 is 14.5 Å². The quantitative estimate of drug-likeness (QED) is 0.658. The van der Waals surface area contributed by atoms with Crippen molar-refractivity contribution >= 4 is 22.8 Å². The smallest absolute Gasteiger partial charge is 0.249 e. The summed E-state index contributed by atoms with van der Waals surface area (Å²) in [5.41, 5.74) is 2.01. The summed E-state index contributed by atoms with van der Waals surface area (Å²) in [7, 11) is 1.83. The highest BCUT2D eigenvalue weighted by atomic mass is 16.5. The summed E-state index contributed by atoms with van der Waals surface area (Å²) in [4.78, 5) is 30.5. The van der Waals surface area contributed by atoms with Gasteiger partial charge in [0.1, 0.15) is 30.3 Å². The van der Waals surface area contributed by atoms with Gasteiger partial charge in [-0.2, -0.15) is 15.0 Å². The number of fused-ring (bicyclic) bond motifs is 2. The Hall–Kier alpha value is -3.26. The number of hydrogen-bond acceptors (Lipinski definition) is 5. The van der Waals surface area contributed by atoms with Crippen LogP contribution in [-0.2, 0) is 26.4 Å². The highest BCUT2D eigenvalue weighted by Gasteiger charge is 2.53. The zero-order valence-corrected chi connectivity index (χ0v) is 16.8. The number of rotatable bonds is 3. The molecule has 8 nitrogen and oxygen atoms in total. The SMILES string of the molecule is CN1C(=O)CO[C@@H]2CN(C(=O)Cn3nc4ccccc4n3)CC[C@]21c1ccccc1. The number of likely N-dealkylation sites (tertiary alicyclic amines) is 1. The standard InChI is InChI=1S/C22H23N5O3/c1-25-21(29)15-30-19-13-26(12-11-22(19,25)16-7-3-2-4-8-16)20(28)14-27-23-17-9-5-6-10-18(17)24-27/h2-10,19H,11-15H2,1H3/t19-,22+/m1/s1. The van der Waals surface area contributed by atoms with Crippen LogP contribution < -0.4 is 0 Å². The fourth-order valence-corrected chi connectivity index (χ4v) is 4.65. The minimum Gasteiger partial charge on any atom is -0.364 e. The molecule has 1 aromatic heterocycles. The Bertz CT molecular complexity index is 1070. The highest BCUT2D eigenvalue weighted by molar-refractivity contribution is 5.80. The molecule has 2 amide bonds. The number of likely N-dealkylation sites (N-methyl/N-ethyl adjacent to an activating group) is 1. The molecule has 154 valence electrons. The van der Waals surface area contributed by atoms with E-state index in [1.165, 1.54) is 4.80 Å². The number of hydrogen-bond donors (Lipinski definition) is 0. The molecule has 8 heteroatoms. The van der Waals surface area contributed by atoms with E-state index >= 15 is 0 Å². The summed E-state index contributed by atoms with van der Waals surface area (Å²) in [6.45, 7) is 1.07. The average molecular weight is 405 g/mol. The second kappa shape index (κ2) is 7.21. The molecule has 0 aliphatic carbocycles. The summed E-state index contributed by atoms with van der Waals surface area (Å²) in [5.74, 6) is -0.0950. The molecule has 30 heavy (non-hydrogen) atoms. The van der Waals surface area contributed by atoms with E-state index in [9.17, 15) is 9.59 Å². The molecule has 5 rings (SSSR count). The topological polar surface area (TPSA) is 80.6 Å². The molecule has 3 aromatic rings. The lowest BCUT2D eigenvalue weighted by Crippen LogP contribution is -2.67. The average Bonchev–Trinajstić information content (AvgIpc) is 3.19. The molecule has 0 N–H and O–H groups in total. The molecule has 0 spiro atoms. The number of piperidine rings is 1. The van der Waals surface area contributed by atoms with E-state index in [4.69, 9.17) is 4.74 Å². The number of benzene rings is 2. The van der Waals surface area contributed by atoms with E-state index in [0.717, 1.165) is 16.6 Å². The molecule has 3 heterocycles. The number of nitrogens with zero attached hydrogens (tertiary/aromatic N) is 5. The molecule has 2 aliphatic rings. The lowest BCUT2D eigenvalue weighted by molar-refractivity contribution is -0.184. The molecule has 0 unspecified atom stereocenters. The molecule has 0 radical (unpaired) electrons. The molecular formula is C22H23N5O3. The van der Waals surface area contributed by atoms with Crippen LogP contribution in [0.15, 0.2) is 54.6 Å². The van der Waals surface area contributed by atoms with Crippen LogP contribution in [0, 0.1) is 0 Å². The van der Waals surface area contributed by atoms with Gasteiger partial charge in [-0.1, -0.05) is 42.5 Å². The molecule has 2 fully saturated rings. The number of amides is 2. The second-order valence-corrected chi connectivity index (χ2v) is 7.85. The number of carbonyl (C=O) groups excluding carboxylic acids is 2. The van der Waals surface area contributed by atoms with Gasteiger partial charge in [0, 0.05) is 20.1 Å². The van der Waals surface area contributed by atoms with Crippen LogP contribution in [0.3, 0.4) is 0 Å². The first-order chi connectivity index (χ1) is 14.6. The fourth-order valence-electron chi connectivity index (χ4n) is 4.65. The maximum Gasteiger partial charge on any atom is 0.249 e. The van der Waals surface area contributed by atoms with E-state index in [0.29, 0.717) is 19.5 Å². The fraction of sp³-hybridized carbons (Fsp3) is 0.364. The Morgan fingerprint density at radius 2 is 1.77 bits per heavy atom. The van der Waals surface area contributed by atoms with Gasteiger partial charge in [-0.15, -0.1) is 0 Å². The number of aromatic nitrogens is 3. The van der Waals surface area contributed by atoms with Gasteiger partial charge >= 0.3 is 0 Å². The van der Waals surface area contributed by atoms with Crippen molar-refractivity contribution in [1.29, 1.82) is 0 Å². The van der Waals surface area contributed by atoms with Crippen molar-refractivity contribution in [3.8, 4) is 0 Å². The summed E-state index contributed by atoms with van der Waals surface area (Å²) < 4.78 is 5.98. The van der Waals surface area contributed by atoms with Crippen molar-refractivity contribution in [2.24, 2.45) is 0 Å². The maximum absolute atomic E-state index is 13.0. The Balaban J connectivity index is 1.38. The zero-order chi connectivity index (χ0) is 20.7. The maximum atomic E-state index is 13.0. The normalized spacial score (nSPS) is 24.2. The molecule has 0 saturated carbocycles. The van der Waals surface area contributed by atoms with E-state index in [-0.39, 0.29) is 31.1 Å². The third kappa shape index (κ3) is 2.95. The largest absolute Gasteiger partial charge is 0.364 e. The lowest BCUT2D eigenvalue weighted by Gasteiger charge is -2.54. The summed E-state index contributed by atoms with van der Waals surface area (Å²) in [5, 5.41) is 8.77. The van der Waals surface area contributed by atoms with Gasteiger partial charge in [-0.05, 0) is 24.1 Å². The van der Waals surface area contributed by atoms with Crippen LogP contribution in [0.1, 0.15) is 12.0 Å². The lowest BCUT2D eigenvalue weighted by atomic mass is 9.76. The summed E-state index contributed by atoms with van der Waals surface area (Å²) >= 11 is 0. The highest BCUT2D eigenvalue weighted by Crippen LogP contribution is 2.42. The van der Waals surface area contributed by atoms with Crippen molar-refractivity contribution in [3.05, 3.63) is 60.2 Å². The van der Waals surface area contributed by atoms with Gasteiger partial charge in [0.2, 0.25) is 11.8 Å². The monoisotopic (exact) mass is 405 g/mol. The molecule has 2 aromatic carbocycles. The van der Waals surface area contributed by atoms with Crippen molar-refractivity contribution in [3.63, 3.8) is 0 Å². The Labute approximate surface area is 174 Å². The first kappa shape index (κ1) is 18.7. The van der Waals surface area contributed by atoms with Crippen LogP contribution in [-0.4, -0.2) is 69.5 Å². The van der Waals surface area contributed by atoms with Crippen molar-refractivity contribution in [1.82, 2.24) is 24.8 Å². The molecule has 2 atom stereocenters. The molecule has 2 saturated heterocycles.